The Labute approximate surface area is 173 Å². The molecule has 0 aliphatic carbocycles. The van der Waals surface area contributed by atoms with Crippen molar-refractivity contribution < 1.29 is 37.3 Å². The third-order valence-corrected chi connectivity index (χ3v) is 5.15. The van der Waals surface area contributed by atoms with E-state index in [1.165, 1.54) is 0 Å². The van der Waals surface area contributed by atoms with Gasteiger partial charge in [0.05, 0.1) is 19.3 Å². The Morgan fingerprint density at radius 3 is 2.57 bits per heavy atom. The maximum absolute atomic E-state index is 12.0. The lowest BCUT2D eigenvalue weighted by Gasteiger charge is -2.19. The lowest BCUT2D eigenvalue weighted by molar-refractivity contribution is -0.192. The number of carbonyl (C=O) groups is 2. The van der Waals surface area contributed by atoms with E-state index in [4.69, 9.17) is 19.4 Å². The number of likely N-dealkylation sites (tertiary alicyclic amines) is 1. The number of hydrogen-bond acceptors (Lipinski definition) is 5. The third kappa shape index (κ3) is 7.24. The number of ether oxygens (including phenoxy) is 2. The predicted octanol–water partition coefficient (Wildman–Crippen LogP) is 2.90. The first-order chi connectivity index (χ1) is 14.2. The minimum atomic E-state index is -5.08. The van der Waals surface area contributed by atoms with Crippen molar-refractivity contribution in [3.63, 3.8) is 0 Å². The van der Waals surface area contributed by atoms with Crippen molar-refractivity contribution >= 4 is 11.9 Å². The molecule has 0 radical (unpaired) electrons. The first kappa shape index (κ1) is 24.1. The normalized spacial score (nSPS) is 22.9. The number of pyridine rings is 1. The van der Waals surface area contributed by atoms with E-state index >= 15 is 0 Å². The molecule has 0 saturated carbocycles. The molecule has 0 bridgehead atoms. The van der Waals surface area contributed by atoms with E-state index in [2.05, 4.69) is 4.98 Å². The molecule has 7 nitrogen and oxygen atoms in total. The smallest absolute Gasteiger partial charge is 0.475 e. The van der Waals surface area contributed by atoms with E-state index in [0.29, 0.717) is 24.9 Å². The van der Waals surface area contributed by atoms with Crippen LogP contribution in [0.5, 0.6) is 0 Å². The third-order valence-electron chi connectivity index (χ3n) is 5.15. The second kappa shape index (κ2) is 11.3. The Kier molecular flexibility index (Phi) is 9.04. The molecular formula is C20H27F3N2O5. The minimum Gasteiger partial charge on any atom is -0.475 e. The van der Waals surface area contributed by atoms with Crippen LogP contribution in [0.25, 0.3) is 0 Å². The van der Waals surface area contributed by atoms with Crippen LogP contribution in [-0.2, 0) is 25.7 Å². The van der Waals surface area contributed by atoms with Gasteiger partial charge in [0.2, 0.25) is 5.91 Å². The number of halogens is 3. The number of fused-ring (bicyclic) bond motifs is 1. The molecule has 2 aliphatic heterocycles. The number of carbonyl (C=O) groups excluding carboxylic acids is 1. The number of aromatic nitrogens is 1. The highest BCUT2D eigenvalue weighted by Gasteiger charge is 2.44. The molecular weight excluding hydrogens is 405 g/mol. The standard InChI is InChI=1S/C18H26N2O3.C2HF3O2/c1-2-3-18(21)20-10-16-15(13-23-17(16)11-20)6-9-22-12-14-4-7-19-8-5-14;3-2(4,5)1(6)7/h4-5,7-8,15-17H,2-3,6,9-13H2,1H3;(H,6,7)/t15-,16-,17-;/m0./s1. The fourth-order valence-electron chi connectivity index (χ4n) is 3.58. The molecule has 1 amide bonds. The Balaban J connectivity index is 0.000000396. The largest absolute Gasteiger partial charge is 0.490 e. The molecule has 10 heteroatoms. The quantitative estimate of drug-likeness (QED) is 0.667. The summed E-state index contributed by atoms with van der Waals surface area (Å²) in [5.41, 5.74) is 1.15. The summed E-state index contributed by atoms with van der Waals surface area (Å²) in [7, 11) is 0. The lowest BCUT2D eigenvalue weighted by Crippen LogP contribution is -2.31. The van der Waals surface area contributed by atoms with Gasteiger partial charge in [-0.2, -0.15) is 13.2 Å². The molecule has 3 atom stereocenters. The molecule has 0 aromatic carbocycles. The van der Waals surface area contributed by atoms with Gasteiger partial charge in [-0.25, -0.2) is 4.79 Å². The number of rotatable bonds is 7. The average molecular weight is 432 g/mol. The summed E-state index contributed by atoms with van der Waals surface area (Å²) in [5.74, 6) is -1.48. The monoisotopic (exact) mass is 432 g/mol. The molecule has 3 rings (SSSR count). The number of carboxylic acid groups (broad SMARTS) is 1. The lowest BCUT2D eigenvalue weighted by atomic mass is 9.91. The van der Waals surface area contributed by atoms with Crippen LogP contribution in [0.4, 0.5) is 13.2 Å². The van der Waals surface area contributed by atoms with Crippen molar-refractivity contribution in [2.24, 2.45) is 11.8 Å². The van der Waals surface area contributed by atoms with E-state index in [9.17, 15) is 18.0 Å². The van der Waals surface area contributed by atoms with Crippen molar-refractivity contribution in [1.82, 2.24) is 9.88 Å². The fraction of sp³-hybridized carbons (Fsp3) is 0.650. The van der Waals surface area contributed by atoms with Crippen LogP contribution in [-0.4, -0.2) is 65.5 Å². The maximum Gasteiger partial charge on any atom is 0.490 e. The van der Waals surface area contributed by atoms with Gasteiger partial charge in [0.1, 0.15) is 0 Å². The molecule has 3 heterocycles. The van der Waals surface area contributed by atoms with Gasteiger partial charge in [-0.15, -0.1) is 0 Å². The topological polar surface area (TPSA) is 89.0 Å². The summed E-state index contributed by atoms with van der Waals surface area (Å²) in [6.45, 7) is 5.86. The van der Waals surface area contributed by atoms with E-state index < -0.39 is 12.1 Å². The number of nitrogens with zero attached hydrogens (tertiary/aromatic N) is 2. The molecule has 0 unspecified atom stereocenters. The summed E-state index contributed by atoms with van der Waals surface area (Å²) < 4.78 is 43.4. The van der Waals surface area contributed by atoms with Gasteiger partial charge in [-0.1, -0.05) is 6.92 Å². The zero-order valence-electron chi connectivity index (χ0n) is 16.8. The maximum atomic E-state index is 12.0. The highest BCUT2D eigenvalue weighted by molar-refractivity contribution is 5.76. The van der Waals surface area contributed by atoms with Crippen LogP contribution < -0.4 is 0 Å². The van der Waals surface area contributed by atoms with Crippen LogP contribution in [0, 0.1) is 11.8 Å². The number of amides is 1. The summed E-state index contributed by atoms with van der Waals surface area (Å²) in [5, 5.41) is 7.12. The Morgan fingerprint density at radius 1 is 1.30 bits per heavy atom. The van der Waals surface area contributed by atoms with Crippen LogP contribution in [0.1, 0.15) is 31.7 Å². The van der Waals surface area contributed by atoms with Gasteiger partial charge in [-0.3, -0.25) is 9.78 Å². The number of alkyl halides is 3. The van der Waals surface area contributed by atoms with Gasteiger partial charge >= 0.3 is 12.1 Å². The van der Waals surface area contributed by atoms with Crippen LogP contribution in [0.15, 0.2) is 24.5 Å². The molecule has 1 N–H and O–H groups in total. The highest BCUT2D eigenvalue weighted by atomic mass is 19.4. The Hall–Kier alpha value is -2.20. The van der Waals surface area contributed by atoms with Crippen molar-refractivity contribution in [3.8, 4) is 0 Å². The van der Waals surface area contributed by atoms with Crippen molar-refractivity contribution in [2.45, 2.75) is 45.1 Å². The summed E-state index contributed by atoms with van der Waals surface area (Å²) in [6, 6.07) is 3.95. The van der Waals surface area contributed by atoms with E-state index in [1.54, 1.807) is 12.4 Å². The molecule has 2 saturated heterocycles. The van der Waals surface area contributed by atoms with Gasteiger partial charge in [0, 0.05) is 44.4 Å². The number of hydrogen-bond donors (Lipinski definition) is 1. The zero-order chi connectivity index (χ0) is 22.1. The summed E-state index contributed by atoms with van der Waals surface area (Å²) in [6.07, 6.45) is 1.29. The average Bonchev–Trinajstić information content (AvgIpc) is 3.27. The molecule has 1 aromatic heterocycles. The highest BCUT2D eigenvalue weighted by Crippen LogP contribution is 2.35. The Bertz CT molecular complexity index is 687. The second-order valence-corrected chi connectivity index (χ2v) is 7.34. The van der Waals surface area contributed by atoms with Crippen molar-refractivity contribution in [2.75, 3.05) is 26.3 Å². The molecule has 30 heavy (non-hydrogen) atoms. The Morgan fingerprint density at radius 2 is 1.97 bits per heavy atom. The predicted molar refractivity (Wildman–Crippen MR) is 100 cm³/mol. The fourth-order valence-corrected chi connectivity index (χ4v) is 3.58. The number of carboxylic acids is 1. The molecule has 0 spiro atoms. The van der Waals surface area contributed by atoms with E-state index in [1.807, 2.05) is 24.0 Å². The SMILES string of the molecule is CCCC(=O)N1C[C@H]2[C@@H](CCOCc3ccncc3)CO[C@H]2C1.O=C(O)C(F)(F)F. The minimum absolute atomic E-state index is 0.237. The molecule has 1 aromatic rings. The number of aliphatic carboxylic acids is 1. The van der Waals surface area contributed by atoms with Gasteiger partial charge < -0.3 is 19.5 Å². The molecule has 168 valence electrons. The van der Waals surface area contributed by atoms with Gasteiger partial charge in [0.25, 0.3) is 0 Å². The van der Waals surface area contributed by atoms with Gasteiger partial charge in [-0.05, 0) is 36.5 Å². The van der Waals surface area contributed by atoms with Crippen LogP contribution in [0.3, 0.4) is 0 Å². The van der Waals surface area contributed by atoms with Crippen molar-refractivity contribution in [3.05, 3.63) is 30.1 Å². The summed E-state index contributed by atoms with van der Waals surface area (Å²) in [4.78, 5) is 26.9. The van der Waals surface area contributed by atoms with E-state index in [-0.39, 0.29) is 12.0 Å². The first-order valence-corrected chi connectivity index (χ1v) is 9.88. The summed E-state index contributed by atoms with van der Waals surface area (Å²) >= 11 is 0. The van der Waals surface area contributed by atoms with Crippen molar-refractivity contribution in [1.29, 1.82) is 0 Å². The molecule has 2 aliphatic rings. The second-order valence-electron chi connectivity index (χ2n) is 7.34. The van der Waals surface area contributed by atoms with E-state index in [0.717, 1.165) is 44.7 Å². The zero-order valence-corrected chi connectivity index (χ0v) is 16.8. The van der Waals surface area contributed by atoms with Gasteiger partial charge in [0.15, 0.2) is 0 Å². The molecule has 2 fully saturated rings. The van der Waals surface area contributed by atoms with Crippen LogP contribution >= 0.6 is 0 Å². The van der Waals surface area contributed by atoms with Crippen LogP contribution in [0.2, 0.25) is 0 Å². The first-order valence-electron chi connectivity index (χ1n) is 9.88.